The number of aryl methyl sites for hydroxylation is 1. The number of carbonyl (C=O) groups excluding carboxylic acids is 1. The summed E-state index contributed by atoms with van der Waals surface area (Å²) in [6, 6.07) is 12.9. The molecule has 3 rings (SSSR count). The van der Waals surface area contributed by atoms with Crippen molar-refractivity contribution >= 4 is 17.5 Å². The molecule has 1 amide bonds. The molecule has 0 atom stereocenters. The van der Waals surface area contributed by atoms with E-state index >= 15 is 0 Å². The molecule has 3 aromatic rings. The first-order chi connectivity index (χ1) is 12.2. The van der Waals surface area contributed by atoms with Gasteiger partial charge >= 0.3 is 0 Å². The van der Waals surface area contributed by atoms with Crippen molar-refractivity contribution in [2.75, 3.05) is 0 Å². The van der Waals surface area contributed by atoms with Gasteiger partial charge in [0.1, 0.15) is 0 Å². The molecular formula is C20H21ClN4O. The lowest BCUT2D eigenvalue weighted by Gasteiger charge is -2.21. The molecule has 2 heterocycles. The molecule has 134 valence electrons. The zero-order chi connectivity index (χ0) is 18.9. The number of nitrogens with one attached hydrogen (secondary N) is 1. The summed E-state index contributed by atoms with van der Waals surface area (Å²) < 4.78 is 1.74. The van der Waals surface area contributed by atoms with E-state index in [1.54, 1.807) is 23.0 Å². The van der Waals surface area contributed by atoms with Crippen molar-refractivity contribution in [1.29, 1.82) is 0 Å². The molecule has 0 fully saturated rings. The topological polar surface area (TPSA) is 59.8 Å². The average Bonchev–Trinajstić information content (AvgIpc) is 2.99. The maximum Gasteiger partial charge on any atom is 0.251 e. The Hall–Kier alpha value is -2.66. The summed E-state index contributed by atoms with van der Waals surface area (Å²) >= 11 is 5.99. The minimum atomic E-state index is -0.326. The van der Waals surface area contributed by atoms with Crippen molar-refractivity contribution < 1.29 is 4.79 Å². The van der Waals surface area contributed by atoms with Crippen molar-refractivity contribution in [3.63, 3.8) is 0 Å². The number of benzene rings is 1. The Morgan fingerprint density at radius 3 is 2.31 bits per heavy atom. The molecule has 26 heavy (non-hydrogen) atoms. The molecule has 0 spiro atoms. The minimum absolute atomic E-state index is 0.140. The summed E-state index contributed by atoms with van der Waals surface area (Å²) in [7, 11) is 1.85. The van der Waals surface area contributed by atoms with Crippen LogP contribution in [0.3, 0.4) is 0 Å². The van der Waals surface area contributed by atoms with E-state index in [0.29, 0.717) is 22.0 Å². The van der Waals surface area contributed by atoms with Crippen LogP contribution in [0.1, 0.15) is 31.1 Å². The van der Waals surface area contributed by atoms with Gasteiger partial charge in [-0.2, -0.15) is 5.10 Å². The molecule has 1 aromatic carbocycles. The van der Waals surface area contributed by atoms with Crippen LogP contribution < -0.4 is 5.32 Å². The molecule has 5 nitrogen and oxygen atoms in total. The van der Waals surface area contributed by atoms with Gasteiger partial charge in [0.2, 0.25) is 0 Å². The lowest BCUT2D eigenvalue weighted by atomic mass is 10.0. The highest BCUT2D eigenvalue weighted by Crippen LogP contribution is 2.26. The highest BCUT2D eigenvalue weighted by molar-refractivity contribution is 6.30. The second kappa shape index (κ2) is 6.92. The van der Waals surface area contributed by atoms with Crippen LogP contribution in [0.4, 0.5) is 0 Å². The molecule has 6 heteroatoms. The Morgan fingerprint density at radius 1 is 1.08 bits per heavy atom. The minimum Gasteiger partial charge on any atom is -0.347 e. The van der Waals surface area contributed by atoms with Crippen LogP contribution in [0.15, 0.2) is 48.7 Å². The number of amides is 1. The summed E-state index contributed by atoms with van der Waals surface area (Å²) in [6.07, 6.45) is 1.71. The quantitative estimate of drug-likeness (QED) is 0.748. The fraction of sp³-hybridized carbons (Fsp3) is 0.250. The van der Waals surface area contributed by atoms with Gasteiger partial charge in [-0.25, -0.2) is 4.98 Å². The summed E-state index contributed by atoms with van der Waals surface area (Å²) in [5, 5.41) is 7.85. The zero-order valence-electron chi connectivity index (χ0n) is 15.2. The smallest absolute Gasteiger partial charge is 0.251 e. The SMILES string of the molecule is Cn1nccc1-c1cc(C(=O)NC(C)(C)C)cc(-c2ccc(Cl)cc2)n1. The molecule has 0 bridgehead atoms. The van der Waals surface area contributed by atoms with Crippen LogP contribution in [0.25, 0.3) is 22.6 Å². The van der Waals surface area contributed by atoms with E-state index in [1.165, 1.54) is 0 Å². The predicted octanol–water partition coefficient (Wildman–Crippen LogP) is 4.33. The summed E-state index contributed by atoms with van der Waals surface area (Å²) in [4.78, 5) is 17.5. The van der Waals surface area contributed by atoms with E-state index in [1.807, 2.05) is 58.2 Å². The van der Waals surface area contributed by atoms with Crippen LogP contribution in [0.5, 0.6) is 0 Å². The summed E-state index contributed by atoms with van der Waals surface area (Å²) in [5.41, 5.74) is 3.36. The first kappa shape index (κ1) is 18.1. The molecule has 2 aromatic heterocycles. The predicted molar refractivity (Wildman–Crippen MR) is 104 cm³/mol. The van der Waals surface area contributed by atoms with Gasteiger partial charge in [0.25, 0.3) is 5.91 Å². The van der Waals surface area contributed by atoms with E-state index in [2.05, 4.69) is 10.4 Å². The third-order valence-corrected chi connectivity index (χ3v) is 4.05. The highest BCUT2D eigenvalue weighted by Gasteiger charge is 2.18. The lowest BCUT2D eigenvalue weighted by molar-refractivity contribution is 0.0919. The van der Waals surface area contributed by atoms with Crippen LogP contribution >= 0.6 is 11.6 Å². The van der Waals surface area contributed by atoms with Crippen molar-refractivity contribution in [3.05, 3.63) is 59.2 Å². The summed E-state index contributed by atoms with van der Waals surface area (Å²) in [6.45, 7) is 5.86. The van der Waals surface area contributed by atoms with E-state index in [4.69, 9.17) is 16.6 Å². The van der Waals surface area contributed by atoms with Crippen LogP contribution in [-0.2, 0) is 7.05 Å². The average molecular weight is 369 g/mol. The van der Waals surface area contributed by atoms with Crippen molar-refractivity contribution in [2.24, 2.45) is 7.05 Å². The number of aromatic nitrogens is 3. The molecular weight excluding hydrogens is 348 g/mol. The molecule has 0 saturated carbocycles. The molecule has 0 aliphatic carbocycles. The lowest BCUT2D eigenvalue weighted by Crippen LogP contribution is -2.40. The normalized spacial score (nSPS) is 11.4. The van der Waals surface area contributed by atoms with Gasteiger partial charge in [0.05, 0.1) is 17.1 Å². The molecule has 1 N–H and O–H groups in total. The van der Waals surface area contributed by atoms with Crippen molar-refractivity contribution in [2.45, 2.75) is 26.3 Å². The number of carbonyl (C=O) groups is 1. The van der Waals surface area contributed by atoms with Crippen LogP contribution in [0, 0.1) is 0 Å². The Kier molecular flexibility index (Phi) is 4.83. The Bertz CT molecular complexity index is 939. The second-order valence-corrected chi connectivity index (χ2v) is 7.61. The standard InChI is InChI=1S/C20H21ClN4O/c1-20(2,3)24-19(26)14-11-16(13-5-7-15(21)8-6-13)23-17(12-14)18-9-10-22-25(18)4/h5-12H,1-4H3,(H,24,26). The van der Waals surface area contributed by atoms with Crippen LogP contribution in [0.2, 0.25) is 5.02 Å². The van der Waals surface area contributed by atoms with E-state index in [-0.39, 0.29) is 11.4 Å². The maximum atomic E-state index is 12.7. The van der Waals surface area contributed by atoms with E-state index in [9.17, 15) is 4.79 Å². The third-order valence-electron chi connectivity index (χ3n) is 3.80. The first-order valence-electron chi connectivity index (χ1n) is 8.32. The number of nitrogens with zero attached hydrogens (tertiary/aromatic N) is 3. The van der Waals surface area contributed by atoms with Gasteiger partial charge < -0.3 is 5.32 Å². The highest BCUT2D eigenvalue weighted by atomic mass is 35.5. The molecule has 0 unspecified atom stereocenters. The molecule has 0 saturated heterocycles. The first-order valence-corrected chi connectivity index (χ1v) is 8.70. The van der Waals surface area contributed by atoms with E-state index < -0.39 is 0 Å². The van der Waals surface area contributed by atoms with Gasteiger partial charge in [-0.15, -0.1) is 0 Å². The molecule has 0 aliphatic rings. The van der Waals surface area contributed by atoms with Gasteiger partial charge in [-0.05, 0) is 51.1 Å². The zero-order valence-corrected chi connectivity index (χ0v) is 16.0. The number of halogens is 1. The molecule has 0 aliphatic heterocycles. The fourth-order valence-corrected chi connectivity index (χ4v) is 2.73. The Balaban J connectivity index is 2.12. The number of pyridine rings is 1. The number of hydrogen-bond donors (Lipinski definition) is 1. The number of hydrogen-bond acceptors (Lipinski definition) is 3. The van der Waals surface area contributed by atoms with Crippen LogP contribution in [-0.4, -0.2) is 26.2 Å². The third kappa shape index (κ3) is 4.11. The van der Waals surface area contributed by atoms with Crippen molar-refractivity contribution in [3.8, 4) is 22.6 Å². The molecule has 0 radical (unpaired) electrons. The van der Waals surface area contributed by atoms with Gasteiger partial charge in [0.15, 0.2) is 0 Å². The maximum absolute atomic E-state index is 12.7. The van der Waals surface area contributed by atoms with E-state index in [0.717, 1.165) is 11.3 Å². The van der Waals surface area contributed by atoms with Gasteiger partial charge in [-0.3, -0.25) is 9.48 Å². The largest absolute Gasteiger partial charge is 0.347 e. The summed E-state index contributed by atoms with van der Waals surface area (Å²) in [5.74, 6) is -0.140. The van der Waals surface area contributed by atoms with Crippen molar-refractivity contribution in [1.82, 2.24) is 20.1 Å². The van der Waals surface area contributed by atoms with Gasteiger partial charge in [0, 0.05) is 34.9 Å². The Morgan fingerprint density at radius 2 is 1.73 bits per heavy atom. The van der Waals surface area contributed by atoms with Gasteiger partial charge in [-0.1, -0.05) is 23.7 Å². The Labute approximate surface area is 158 Å². The fourth-order valence-electron chi connectivity index (χ4n) is 2.60. The monoisotopic (exact) mass is 368 g/mol. The second-order valence-electron chi connectivity index (χ2n) is 7.18. The number of rotatable bonds is 3.